The fraction of sp³-hybridized carbons (Fsp3) is 0.227. The number of anilines is 1. The lowest BCUT2D eigenvalue weighted by atomic mass is 10.1. The van der Waals surface area contributed by atoms with Crippen molar-refractivity contribution in [3.63, 3.8) is 0 Å². The molecular formula is C22H25N5O2. The average molecular weight is 391 g/mol. The van der Waals surface area contributed by atoms with Crippen molar-refractivity contribution in [2.24, 2.45) is 15.9 Å². The molecule has 1 aromatic heterocycles. The van der Waals surface area contributed by atoms with Gasteiger partial charge in [0.15, 0.2) is 0 Å². The summed E-state index contributed by atoms with van der Waals surface area (Å²) in [7, 11) is 0. The predicted molar refractivity (Wildman–Crippen MR) is 118 cm³/mol. The van der Waals surface area contributed by atoms with Crippen molar-refractivity contribution in [2.45, 2.75) is 27.2 Å². The van der Waals surface area contributed by atoms with Crippen LogP contribution in [0.1, 0.15) is 43.2 Å². The van der Waals surface area contributed by atoms with E-state index in [2.05, 4.69) is 27.4 Å². The normalized spacial score (nSPS) is 12.2. The van der Waals surface area contributed by atoms with Gasteiger partial charge in [-0.1, -0.05) is 19.1 Å². The number of nitrogens with two attached hydrogens (primary N) is 1. The number of nitrogens with one attached hydrogen (secondary N) is 2. The zero-order valence-electron chi connectivity index (χ0n) is 16.8. The number of ether oxygens (including phenoxy) is 1. The van der Waals surface area contributed by atoms with E-state index in [0.717, 1.165) is 34.3 Å². The first-order chi connectivity index (χ1) is 14.0. The average Bonchev–Trinajstić information content (AvgIpc) is 3.14. The zero-order chi connectivity index (χ0) is 20.8. The van der Waals surface area contributed by atoms with Gasteiger partial charge in [0.25, 0.3) is 5.91 Å². The molecule has 0 saturated carbocycles. The number of benzene rings is 2. The standard InChI is InChI=1S/C22H25N5O2/c1-4-11-29-19-10-7-17-12-21(25-20(17)13-19)22(28)24-18-8-5-16(6-9-18)14(2)26-27-15(3)23/h5-10,12-13,25H,4,11H2,1-3H3,(H2,23,27)(H,24,28)/b26-14-. The number of H-pyrrole nitrogens is 1. The van der Waals surface area contributed by atoms with E-state index in [1.807, 2.05) is 55.5 Å². The molecule has 0 atom stereocenters. The molecule has 0 radical (unpaired) electrons. The van der Waals surface area contributed by atoms with Gasteiger partial charge in [-0.15, -0.1) is 5.10 Å². The number of hydrogen-bond donors (Lipinski definition) is 3. The number of aromatic amines is 1. The highest BCUT2D eigenvalue weighted by molar-refractivity contribution is 6.06. The summed E-state index contributed by atoms with van der Waals surface area (Å²) in [5.74, 6) is 0.976. The summed E-state index contributed by atoms with van der Waals surface area (Å²) in [5, 5.41) is 11.8. The van der Waals surface area contributed by atoms with Crippen LogP contribution in [0.4, 0.5) is 5.69 Å². The van der Waals surface area contributed by atoms with E-state index < -0.39 is 0 Å². The molecule has 150 valence electrons. The summed E-state index contributed by atoms with van der Waals surface area (Å²) in [5.41, 5.74) is 9.18. The maximum Gasteiger partial charge on any atom is 0.272 e. The second-order valence-corrected chi connectivity index (χ2v) is 6.74. The highest BCUT2D eigenvalue weighted by Crippen LogP contribution is 2.22. The van der Waals surface area contributed by atoms with Crippen LogP contribution in [0.5, 0.6) is 5.75 Å². The molecule has 0 aliphatic heterocycles. The Balaban J connectivity index is 1.71. The van der Waals surface area contributed by atoms with Crippen LogP contribution in [0.15, 0.2) is 58.7 Å². The Hall–Kier alpha value is -3.61. The van der Waals surface area contributed by atoms with Crippen molar-refractivity contribution in [3.05, 3.63) is 59.8 Å². The summed E-state index contributed by atoms with van der Waals surface area (Å²) < 4.78 is 5.64. The highest BCUT2D eigenvalue weighted by atomic mass is 16.5. The minimum absolute atomic E-state index is 0.210. The molecule has 3 rings (SSSR count). The lowest BCUT2D eigenvalue weighted by Gasteiger charge is -2.05. The van der Waals surface area contributed by atoms with Crippen LogP contribution in [0.3, 0.4) is 0 Å². The molecule has 0 saturated heterocycles. The molecule has 7 heteroatoms. The van der Waals surface area contributed by atoms with Crippen molar-refractivity contribution in [1.82, 2.24) is 4.98 Å². The van der Waals surface area contributed by atoms with Gasteiger partial charge in [-0.3, -0.25) is 4.79 Å². The minimum Gasteiger partial charge on any atom is -0.494 e. The van der Waals surface area contributed by atoms with Gasteiger partial charge in [0.05, 0.1) is 12.3 Å². The van der Waals surface area contributed by atoms with Crippen LogP contribution >= 0.6 is 0 Å². The van der Waals surface area contributed by atoms with Gasteiger partial charge in [-0.2, -0.15) is 5.10 Å². The number of nitrogens with zero attached hydrogens (tertiary/aromatic N) is 2. The maximum atomic E-state index is 12.6. The van der Waals surface area contributed by atoms with Crippen molar-refractivity contribution in [2.75, 3.05) is 11.9 Å². The Labute approximate surface area is 169 Å². The molecule has 0 fully saturated rings. The smallest absolute Gasteiger partial charge is 0.272 e. The number of fused-ring (bicyclic) bond motifs is 1. The Kier molecular flexibility index (Phi) is 6.29. The number of amidine groups is 1. The summed E-state index contributed by atoms with van der Waals surface area (Å²) in [6, 6.07) is 15.0. The minimum atomic E-state index is -0.210. The topological polar surface area (TPSA) is 105 Å². The largest absolute Gasteiger partial charge is 0.494 e. The van der Waals surface area contributed by atoms with Crippen LogP contribution in [0.2, 0.25) is 0 Å². The zero-order valence-corrected chi connectivity index (χ0v) is 16.8. The molecule has 0 aliphatic rings. The van der Waals surface area contributed by atoms with E-state index >= 15 is 0 Å². The van der Waals surface area contributed by atoms with Crippen LogP contribution < -0.4 is 15.8 Å². The predicted octanol–water partition coefficient (Wildman–Crippen LogP) is 4.31. The van der Waals surface area contributed by atoms with Gasteiger partial charge < -0.3 is 20.8 Å². The molecule has 0 bridgehead atoms. The van der Waals surface area contributed by atoms with Gasteiger partial charge in [-0.25, -0.2) is 0 Å². The first kappa shape index (κ1) is 20.1. The third kappa shape index (κ3) is 5.22. The molecule has 0 aliphatic carbocycles. The Bertz CT molecular complexity index is 1060. The summed E-state index contributed by atoms with van der Waals surface area (Å²) in [6.07, 6.45) is 0.945. The number of hydrogen-bond acceptors (Lipinski definition) is 4. The van der Waals surface area contributed by atoms with E-state index in [9.17, 15) is 4.79 Å². The monoisotopic (exact) mass is 391 g/mol. The van der Waals surface area contributed by atoms with Gasteiger partial charge in [-0.05, 0) is 56.2 Å². The van der Waals surface area contributed by atoms with Crippen molar-refractivity contribution in [3.8, 4) is 5.75 Å². The fourth-order valence-corrected chi connectivity index (χ4v) is 2.74. The van der Waals surface area contributed by atoms with Gasteiger partial charge in [0, 0.05) is 22.7 Å². The Morgan fingerprint density at radius 3 is 2.55 bits per heavy atom. The summed E-state index contributed by atoms with van der Waals surface area (Å²) >= 11 is 0. The molecule has 2 aromatic carbocycles. The second-order valence-electron chi connectivity index (χ2n) is 6.74. The Morgan fingerprint density at radius 2 is 1.86 bits per heavy atom. The molecule has 0 spiro atoms. The number of aromatic nitrogens is 1. The van der Waals surface area contributed by atoms with Crippen molar-refractivity contribution in [1.29, 1.82) is 0 Å². The van der Waals surface area contributed by atoms with Crippen LogP contribution in [-0.4, -0.2) is 29.0 Å². The number of carbonyl (C=O) groups excluding carboxylic acids is 1. The van der Waals surface area contributed by atoms with Gasteiger partial charge in [0.2, 0.25) is 0 Å². The first-order valence-electron chi connectivity index (χ1n) is 9.48. The maximum absolute atomic E-state index is 12.6. The van der Waals surface area contributed by atoms with E-state index in [4.69, 9.17) is 10.5 Å². The molecule has 3 aromatic rings. The van der Waals surface area contributed by atoms with Crippen LogP contribution in [0, 0.1) is 0 Å². The van der Waals surface area contributed by atoms with E-state index in [1.54, 1.807) is 6.92 Å². The fourth-order valence-electron chi connectivity index (χ4n) is 2.74. The van der Waals surface area contributed by atoms with Crippen molar-refractivity contribution < 1.29 is 9.53 Å². The lowest BCUT2D eigenvalue weighted by Crippen LogP contribution is -2.12. The molecule has 7 nitrogen and oxygen atoms in total. The molecule has 29 heavy (non-hydrogen) atoms. The second kappa shape index (κ2) is 9.05. The molecule has 0 unspecified atom stereocenters. The van der Waals surface area contributed by atoms with Gasteiger partial charge in [0.1, 0.15) is 17.3 Å². The number of rotatable bonds is 7. The van der Waals surface area contributed by atoms with Crippen LogP contribution in [-0.2, 0) is 0 Å². The summed E-state index contributed by atoms with van der Waals surface area (Å²) in [4.78, 5) is 15.8. The quantitative estimate of drug-likeness (QED) is 0.317. The number of carbonyl (C=O) groups is 1. The van der Waals surface area contributed by atoms with Crippen molar-refractivity contribution >= 4 is 34.0 Å². The molecule has 4 N–H and O–H groups in total. The van der Waals surface area contributed by atoms with E-state index in [-0.39, 0.29) is 5.91 Å². The third-order valence-electron chi connectivity index (χ3n) is 4.23. The summed E-state index contributed by atoms with van der Waals surface area (Å²) in [6.45, 7) is 6.25. The Morgan fingerprint density at radius 1 is 1.10 bits per heavy atom. The lowest BCUT2D eigenvalue weighted by molar-refractivity contribution is 0.102. The molecular weight excluding hydrogens is 366 g/mol. The molecule has 1 amide bonds. The van der Waals surface area contributed by atoms with Crippen LogP contribution in [0.25, 0.3) is 10.9 Å². The third-order valence-corrected chi connectivity index (χ3v) is 4.23. The SMILES string of the molecule is CCCOc1ccc2cc(C(=O)Nc3ccc(/C(C)=N\N=C(C)N)cc3)[nH]c2c1. The highest BCUT2D eigenvalue weighted by Gasteiger charge is 2.11. The van der Waals surface area contributed by atoms with E-state index in [0.29, 0.717) is 23.8 Å². The molecule has 1 heterocycles. The number of amides is 1. The van der Waals surface area contributed by atoms with E-state index in [1.165, 1.54) is 0 Å². The van der Waals surface area contributed by atoms with Gasteiger partial charge >= 0.3 is 0 Å². The first-order valence-corrected chi connectivity index (χ1v) is 9.48.